The molecule has 1 aliphatic carbocycles. The second-order valence-electron chi connectivity index (χ2n) is 9.88. The molecule has 216 valence electrons. The van der Waals surface area contributed by atoms with Gasteiger partial charge < -0.3 is 14.2 Å². The normalized spacial score (nSPS) is 22.1. The standard InChI is InChI=1S/C27H23F4N3O5S2/c1-25-13-17-10-11-32-23(38-2)19(17)14-26(25,34-24(40-15-25)33-22(35)16-6-4-3-5-7-16)20-12-18(8-9-21(20)28)39-41(36,37)27(29,30)31/h3-12H,13-15H2,1-2H3,(H,33,34,35)/t25-,26+/m0/s1. The van der Waals surface area contributed by atoms with Crippen LogP contribution in [0.2, 0.25) is 0 Å². The van der Waals surface area contributed by atoms with E-state index in [1.54, 1.807) is 42.6 Å². The molecule has 2 aromatic carbocycles. The number of rotatable bonds is 5. The van der Waals surface area contributed by atoms with Gasteiger partial charge in [0.25, 0.3) is 5.91 Å². The number of carbonyl (C=O) groups is 1. The molecule has 1 amide bonds. The van der Waals surface area contributed by atoms with E-state index in [2.05, 4.69) is 14.5 Å². The minimum atomic E-state index is -6.02. The summed E-state index contributed by atoms with van der Waals surface area (Å²) in [5.74, 6) is -1.44. The van der Waals surface area contributed by atoms with Gasteiger partial charge in [0.05, 0.1) is 7.11 Å². The van der Waals surface area contributed by atoms with Crippen LogP contribution in [0.4, 0.5) is 17.6 Å². The molecule has 0 unspecified atom stereocenters. The van der Waals surface area contributed by atoms with E-state index in [9.17, 15) is 26.4 Å². The van der Waals surface area contributed by atoms with E-state index in [0.717, 1.165) is 23.8 Å². The molecule has 14 heteroatoms. The lowest BCUT2D eigenvalue weighted by molar-refractivity contribution is -0.0500. The number of hydrogen-bond donors (Lipinski definition) is 1. The Kier molecular flexibility index (Phi) is 7.26. The molecule has 2 heterocycles. The fourth-order valence-electron chi connectivity index (χ4n) is 5.21. The first kappa shape index (κ1) is 28.9. The zero-order chi connectivity index (χ0) is 29.6. The summed E-state index contributed by atoms with van der Waals surface area (Å²) < 4.78 is 88.2. The minimum Gasteiger partial charge on any atom is -0.481 e. The average Bonchev–Trinajstić information content (AvgIpc) is 2.92. The van der Waals surface area contributed by atoms with Gasteiger partial charge in [-0.25, -0.2) is 14.4 Å². The average molecular weight is 610 g/mol. The zero-order valence-corrected chi connectivity index (χ0v) is 23.3. The maximum absolute atomic E-state index is 15.7. The second-order valence-corrected chi connectivity index (χ2v) is 12.4. The Bertz CT molecular complexity index is 1650. The lowest BCUT2D eigenvalue weighted by Crippen LogP contribution is -2.54. The fourth-order valence-corrected chi connectivity index (χ4v) is 6.84. The first-order chi connectivity index (χ1) is 19.3. The maximum Gasteiger partial charge on any atom is 0.534 e. The highest BCUT2D eigenvalue weighted by atomic mass is 32.2. The Morgan fingerprint density at radius 1 is 1.10 bits per heavy atom. The van der Waals surface area contributed by atoms with Crippen LogP contribution in [0.15, 0.2) is 65.8 Å². The van der Waals surface area contributed by atoms with Crippen LogP contribution < -0.4 is 14.2 Å². The molecule has 5 rings (SSSR count). The Morgan fingerprint density at radius 2 is 1.83 bits per heavy atom. The molecular weight excluding hydrogens is 586 g/mol. The number of ether oxygens (including phenoxy) is 1. The molecule has 3 aromatic rings. The van der Waals surface area contributed by atoms with Crippen LogP contribution in [0.5, 0.6) is 11.6 Å². The smallest absolute Gasteiger partial charge is 0.481 e. The number of alkyl halides is 3. The van der Waals surface area contributed by atoms with Crippen molar-refractivity contribution in [3.63, 3.8) is 0 Å². The summed E-state index contributed by atoms with van der Waals surface area (Å²) in [6.07, 6.45) is 1.92. The third-order valence-electron chi connectivity index (χ3n) is 7.27. The first-order valence-corrected chi connectivity index (χ1v) is 14.6. The molecule has 0 spiro atoms. The topological polar surface area (TPSA) is 107 Å². The second kappa shape index (κ2) is 10.3. The summed E-state index contributed by atoms with van der Waals surface area (Å²) in [5.41, 5.74) is -6.42. The van der Waals surface area contributed by atoms with Crippen LogP contribution in [0.25, 0.3) is 0 Å². The number of pyridine rings is 1. The van der Waals surface area contributed by atoms with Gasteiger partial charge in [-0.2, -0.15) is 21.6 Å². The molecule has 0 bridgehead atoms. The highest BCUT2D eigenvalue weighted by molar-refractivity contribution is 8.14. The number of halogens is 4. The molecule has 1 N–H and O–H groups in total. The van der Waals surface area contributed by atoms with Gasteiger partial charge in [0, 0.05) is 40.5 Å². The van der Waals surface area contributed by atoms with Crippen molar-refractivity contribution in [1.82, 2.24) is 10.3 Å². The number of hydrogen-bond acceptors (Lipinski definition) is 8. The summed E-state index contributed by atoms with van der Waals surface area (Å²) in [6, 6.07) is 12.7. The number of aromatic nitrogens is 1. The quantitative estimate of drug-likeness (QED) is 0.247. The molecule has 0 saturated heterocycles. The molecule has 0 fully saturated rings. The number of nitrogens with zero attached hydrogens (tertiary/aromatic N) is 2. The summed E-state index contributed by atoms with van der Waals surface area (Å²) in [4.78, 5) is 22.1. The molecule has 41 heavy (non-hydrogen) atoms. The van der Waals surface area contributed by atoms with Crippen molar-refractivity contribution >= 4 is 33.0 Å². The van der Waals surface area contributed by atoms with Gasteiger partial charge in [-0.15, -0.1) is 0 Å². The van der Waals surface area contributed by atoms with Crippen LogP contribution in [0, 0.1) is 11.2 Å². The molecule has 1 aromatic heterocycles. The lowest BCUT2D eigenvalue weighted by atomic mass is 9.59. The van der Waals surface area contributed by atoms with Crippen molar-refractivity contribution in [2.45, 2.75) is 30.8 Å². The minimum absolute atomic E-state index is 0.00644. The summed E-state index contributed by atoms with van der Waals surface area (Å²) in [5, 5.41) is 2.92. The van der Waals surface area contributed by atoms with Gasteiger partial charge in [-0.05, 0) is 48.4 Å². The molecular formula is C27H23F4N3O5S2. The monoisotopic (exact) mass is 609 g/mol. The van der Waals surface area contributed by atoms with Gasteiger partial charge in [0.2, 0.25) is 5.88 Å². The first-order valence-electron chi connectivity index (χ1n) is 12.2. The Labute approximate surface area is 237 Å². The van der Waals surface area contributed by atoms with E-state index in [1.165, 1.54) is 18.9 Å². The van der Waals surface area contributed by atoms with Crippen LogP contribution in [-0.2, 0) is 28.5 Å². The summed E-state index contributed by atoms with van der Waals surface area (Å²) in [6.45, 7) is 1.86. The van der Waals surface area contributed by atoms with Crippen molar-refractivity contribution < 1.29 is 39.7 Å². The van der Waals surface area contributed by atoms with Crippen molar-refractivity contribution in [3.8, 4) is 11.6 Å². The molecule has 1 aliphatic heterocycles. The number of methoxy groups -OCH3 is 1. The van der Waals surface area contributed by atoms with E-state index in [4.69, 9.17) is 9.73 Å². The van der Waals surface area contributed by atoms with Gasteiger partial charge >= 0.3 is 15.6 Å². The third kappa shape index (κ3) is 5.14. The zero-order valence-electron chi connectivity index (χ0n) is 21.7. The van der Waals surface area contributed by atoms with E-state index in [0.29, 0.717) is 23.3 Å². The lowest BCUT2D eigenvalue weighted by Gasteiger charge is -2.52. The third-order valence-corrected chi connectivity index (χ3v) is 9.49. The van der Waals surface area contributed by atoms with Crippen LogP contribution >= 0.6 is 11.8 Å². The van der Waals surface area contributed by atoms with Crippen molar-refractivity contribution in [2.75, 3.05) is 12.9 Å². The number of carbonyl (C=O) groups excluding carboxylic acids is 1. The van der Waals surface area contributed by atoms with E-state index in [-0.39, 0.29) is 23.0 Å². The van der Waals surface area contributed by atoms with Gasteiger partial charge in [0.1, 0.15) is 17.1 Å². The van der Waals surface area contributed by atoms with Crippen molar-refractivity contribution in [2.24, 2.45) is 10.4 Å². The molecule has 2 aliphatic rings. The fraction of sp³-hybridized carbons (Fsp3) is 0.296. The van der Waals surface area contributed by atoms with Crippen molar-refractivity contribution in [1.29, 1.82) is 0 Å². The Morgan fingerprint density at radius 3 is 2.51 bits per heavy atom. The predicted molar refractivity (Wildman–Crippen MR) is 144 cm³/mol. The molecule has 8 nitrogen and oxygen atoms in total. The summed E-state index contributed by atoms with van der Waals surface area (Å²) in [7, 11) is -4.60. The largest absolute Gasteiger partial charge is 0.534 e. The van der Waals surface area contributed by atoms with Crippen LogP contribution in [0.3, 0.4) is 0 Å². The number of amidine groups is 1. The van der Waals surface area contributed by atoms with Gasteiger partial charge in [-0.1, -0.05) is 36.9 Å². The van der Waals surface area contributed by atoms with Crippen LogP contribution in [-0.4, -0.2) is 42.8 Å². The predicted octanol–water partition coefficient (Wildman–Crippen LogP) is 4.99. The SMILES string of the molecule is COc1nccc2c1C[C@]1(c3cc(OS(=O)(=O)C(F)(F)F)ccc3F)N=C(NC(=O)c3ccccc3)SC[C@]1(C)C2. The Hall–Kier alpha value is -3.65. The number of fused-ring (bicyclic) bond motifs is 2. The molecule has 2 atom stereocenters. The number of nitrogens with one attached hydrogen (secondary N) is 1. The van der Waals surface area contributed by atoms with Gasteiger partial charge in [-0.3, -0.25) is 4.79 Å². The number of thioether (sulfide) groups is 1. The number of aliphatic imine (C=N–C) groups is 1. The molecule has 0 radical (unpaired) electrons. The maximum atomic E-state index is 15.7. The van der Waals surface area contributed by atoms with E-state index >= 15 is 4.39 Å². The van der Waals surface area contributed by atoms with Gasteiger partial charge in [0.15, 0.2) is 5.17 Å². The van der Waals surface area contributed by atoms with Crippen LogP contribution in [0.1, 0.15) is 34.0 Å². The number of amides is 1. The molecule has 0 saturated carbocycles. The Balaban J connectivity index is 1.68. The van der Waals surface area contributed by atoms with E-state index in [1.807, 2.05) is 6.92 Å². The van der Waals surface area contributed by atoms with Crippen molar-refractivity contribution in [3.05, 3.63) is 88.9 Å². The van der Waals surface area contributed by atoms with E-state index < -0.39 is 44.1 Å². The highest BCUT2D eigenvalue weighted by Gasteiger charge is 2.57. The number of benzene rings is 2. The summed E-state index contributed by atoms with van der Waals surface area (Å²) >= 11 is 1.24. The highest BCUT2D eigenvalue weighted by Crippen LogP contribution is 2.57.